The summed E-state index contributed by atoms with van der Waals surface area (Å²) in [5.41, 5.74) is 5.67. The minimum Gasteiger partial charge on any atom is -0.396 e. The molecule has 20 heavy (non-hydrogen) atoms. The summed E-state index contributed by atoms with van der Waals surface area (Å²) in [6.45, 7) is 0.872. The summed E-state index contributed by atoms with van der Waals surface area (Å²) in [4.78, 5) is 3.98. The van der Waals surface area contributed by atoms with E-state index in [0.717, 1.165) is 0 Å². The smallest absolute Gasteiger partial charge is 0.245 e. The maximum absolute atomic E-state index is 12.6. The number of nitrogens with zero attached hydrogens (tertiary/aromatic N) is 2. The molecule has 0 atom stereocenters. The van der Waals surface area contributed by atoms with E-state index in [2.05, 4.69) is 4.98 Å². The third-order valence-electron chi connectivity index (χ3n) is 3.45. The fourth-order valence-electron chi connectivity index (χ4n) is 2.26. The SMILES string of the molecule is NC(=S)c1ncccc1S(=O)(=O)N1CCC(CO)CC1. The van der Waals surface area contributed by atoms with Crippen molar-refractivity contribution in [1.29, 1.82) is 0 Å². The molecule has 2 rings (SSSR count). The Bertz CT molecular complexity index is 596. The highest BCUT2D eigenvalue weighted by Crippen LogP contribution is 2.24. The Balaban J connectivity index is 2.30. The fraction of sp³-hybridized carbons (Fsp3) is 0.500. The molecule has 0 unspecified atom stereocenters. The largest absolute Gasteiger partial charge is 0.396 e. The average Bonchev–Trinajstić information content (AvgIpc) is 2.47. The van der Waals surface area contributed by atoms with Gasteiger partial charge in [0.15, 0.2) is 0 Å². The van der Waals surface area contributed by atoms with Crippen LogP contribution in [0.2, 0.25) is 0 Å². The first-order valence-corrected chi connectivity index (χ1v) is 8.17. The van der Waals surface area contributed by atoms with Gasteiger partial charge in [0.1, 0.15) is 15.6 Å². The summed E-state index contributed by atoms with van der Waals surface area (Å²) in [6.07, 6.45) is 2.77. The Labute approximate surface area is 123 Å². The van der Waals surface area contributed by atoms with Gasteiger partial charge < -0.3 is 10.8 Å². The molecule has 1 aliphatic heterocycles. The summed E-state index contributed by atoms with van der Waals surface area (Å²) in [5.74, 6) is 0.172. The molecule has 0 saturated carbocycles. The summed E-state index contributed by atoms with van der Waals surface area (Å²) < 4.78 is 26.6. The molecular weight excluding hydrogens is 298 g/mol. The van der Waals surface area contributed by atoms with E-state index < -0.39 is 10.0 Å². The molecule has 2 heterocycles. The molecule has 1 aromatic heterocycles. The minimum atomic E-state index is -3.65. The third kappa shape index (κ3) is 2.98. The van der Waals surface area contributed by atoms with Crippen molar-refractivity contribution in [3.63, 3.8) is 0 Å². The van der Waals surface area contributed by atoms with Crippen LogP contribution in [0, 0.1) is 5.92 Å². The third-order valence-corrected chi connectivity index (χ3v) is 5.58. The van der Waals surface area contributed by atoms with Crippen LogP contribution in [0.5, 0.6) is 0 Å². The van der Waals surface area contributed by atoms with Gasteiger partial charge in [-0.3, -0.25) is 4.98 Å². The Morgan fingerprint density at radius 3 is 2.70 bits per heavy atom. The summed E-state index contributed by atoms with van der Waals surface area (Å²) in [6, 6.07) is 3.02. The van der Waals surface area contributed by atoms with Gasteiger partial charge in [-0.25, -0.2) is 8.42 Å². The van der Waals surface area contributed by atoms with E-state index in [4.69, 9.17) is 23.1 Å². The molecule has 3 N–H and O–H groups in total. The molecule has 6 nitrogen and oxygen atoms in total. The van der Waals surface area contributed by atoms with E-state index in [-0.39, 0.29) is 28.1 Å². The van der Waals surface area contributed by atoms with Gasteiger partial charge in [-0.05, 0) is 30.9 Å². The van der Waals surface area contributed by atoms with Crippen LogP contribution in [0.3, 0.4) is 0 Å². The van der Waals surface area contributed by atoms with E-state index in [1.165, 1.54) is 16.6 Å². The van der Waals surface area contributed by atoms with Crippen molar-refractivity contribution in [3.05, 3.63) is 24.0 Å². The molecule has 0 radical (unpaired) electrons. The molecule has 8 heteroatoms. The first-order chi connectivity index (χ1) is 9.46. The van der Waals surface area contributed by atoms with Gasteiger partial charge >= 0.3 is 0 Å². The summed E-state index contributed by atoms with van der Waals surface area (Å²) >= 11 is 4.86. The van der Waals surface area contributed by atoms with Crippen LogP contribution in [0.15, 0.2) is 23.2 Å². The molecule has 1 aliphatic rings. The van der Waals surface area contributed by atoms with E-state index in [1.54, 1.807) is 6.07 Å². The van der Waals surface area contributed by atoms with Gasteiger partial charge in [-0.2, -0.15) is 4.31 Å². The monoisotopic (exact) mass is 315 g/mol. The van der Waals surface area contributed by atoms with Crippen molar-refractivity contribution >= 4 is 27.2 Å². The number of rotatable bonds is 4. The molecule has 0 spiro atoms. The number of aliphatic hydroxyl groups is 1. The van der Waals surface area contributed by atoms with Gasteiger partial charge in [-0.15, -0.1) is 0 Å². The first-order valence-electron chi connectivity index (χ1n) is 6.32. The molecule has 1 saturated heterocycles. The number of nitrogens with two attached hydrogens (primary N) is 1. The van der Waals surface area contributed by atoms with Crippen LogP contribution >= 0.6 is 12.2 Å². The number of hydrogen-bond acceptors (Lipinski definition) is 5. The van der Waals surface area contributed by atoms with Crippen LogP contribution < -0.4 is 5.73 Å². The maximum atomic E-state index is 12.6. The number of pyridine rings is 1. The minimum absolute atomic E-state index is 0.0329. The predicted octanol–water partition coefficient (Wildman–Crippen LogP) is 0.109. The summed E-state index contributed by atoms with van der Waals surface area (Å²) in [7, 11) is -3.65. The van der Waals surface area contributed by atoms with Crippen LogP contribution in [0.1, 0.15) is 18.5 Å². The Morgan fingerprint density at radius 1 is 1.50 bits per heavy atom. The Kier molecular flexibility index (Phi) is 4.69. The second-order valence-electron chi connectivity index (χ2n) is 4.74. The van der Waals surface area contributed by atoms with Gasteiger partial charge in [0, 0.05) is 25.9 Å². The first kappa shape index (κ1) is 15.3. The highest BCUT2D eigenvalue weighted by atomic mass is 32.2. The fourth-order valence-corrected chi connectivity index (χ4v) is 4.11. The van der Waals surface area contributed by atoms with Crippen molar-refractivity contribution < 1.29 is 13.5 Å². The Morgan fingerprint density at radius 2 is 2.15 bits per heavy atom. The number of aromatic nitrogens is 1. The van der Waals surface area contributed by atoms with Crippen LogP contribution in [-0.2, 0) is 10.0 Å². The Hall–Kier alpha value is -1.09. The zero-order valence-corrected chi connectivity index (χ0v) is 12.5. The number of piperidine rings is 1. The number of thiocarbonyl (C=S) groups is 1. The van der Waals surface area contributed by atoms with Crippen molar-refractivity contribution in [2.75, 3.05) is 19.7 Å². The van der Waals surface area contributed by atoms with Gasteiger partial charge in [0.25, 0.3) is 0 Å². The van der Waals surface area contributed by atoms with E-state index in [1.807, 2.05) is 0 Å². The zero-order valence-electron chi connectivity index (χ0n) is 10.9. The molecule has 1 aromatic rings. The standard InChI is InChI=1S/C12H17N3O3S2/c13-12(19)11-10(2-1-5-14-11)20(17,18)15-6-3-9(8-16)4-7-15/h1-2,5,9,16H,3-4,6-8H2,(H2,13,19). The number of sulfonamides is 1. The maximum Gasteiger partial charge on any atom is 0.245 e. The molecule has 0 aromatic carbocycles. The van der Waals surface area contributed by atoms with Crippen LogP contribution in [0.4, 0.5) is 0 Å². The number of aliphatic hydroxyl groups excluding tert-OH is 1. The molecule has 0 amide bonds. The second kappa shape index (κ2) is 6.13. The lowest BCUT2D eigenvalue weighted by Crippen LogP contribution is -2.40. The highest BCUT2D eigenvalue weighted by molar-refractivity contribution is 7.89. The van der Waals surface area contributed by atoms with E-state index in [0.29, 0.717) is 25.9 Å². The van der Waals surface area contributed by atoms with Crippen LogP contribution in [0.25, 0.3) is 0 Å². The van der Waals surface area contributed by atoms with Crippen molar-refractivity contribution in [3.8, 4) is 0 Å². The molecular formula is C12H17N3O3S2. The normalized spacial score (nSPS) is 18.1. The van der Waals surface area contributed by atoms with Gasteiger partial charge in [0.05, 0.1) is 0 Å². The van der Waals surface area contributed by atoms with Crippen molar-refractivity contribution in [1.82, 2.24) is 9.29 Å². The lowest BCUT2D eigenvalue weighted by molar-refractivity contribution is 0.170. The quantitative estimate of drug-likeness (QED) is 0.766. The van der Waals surface area contributed by atoms with Gasteiger partial charge in [0.2, 0.25) is 10.0 Å². The predicted molar refractivity (Wildman–Crippen MR) is 78.7 cm³/mol. The zero-order chi connectivity index (χ0) is 14.8. The molecule has 0 bridgehead atoms. The topological polar surface area (TPSA) is 96.5 Å². The lowest BCUT2D eigenvalue weighted by Gasteiger charge is -2.30. The number of hydrogen-bond donors (Lipinski definition) is 2. The average molecular weight is 315 g/mol. The van der Waals surface area contributed by atoms with Gasteiger partial charge in [-0.1, -0.05) is 12.2 Å². The van der Waals surface area contributed by atoms with Crippen molar-refractivity contribution in [2.45, 2.75) is 17.7 Å². The second-order valence-corrected chi connectivity index (χ2v) is 7.09. The molecule has 0 aliphatic carbocycles. The van der Waals surface area contributed by atoms with Crippen LogP contribution in [-0.4, -0.2) is 47.5 Å². The molecule has 1 fully saturated rings. The van der Waals surface area contributed by atoms with E-state index in [9.17, 15) is 8.42 Å². The lowest BCUT2D eigenvalue weighted by atomic mass is 10.00. The highest BCUT2D eigenvalue weighted by Gasteiger charge is 2.31. The van der Waals surface area contributed by atoms with Crippen molar-refractivity contribution in [2.24, 2.45) is 11.7 Å². The molecule has 110 valence electrons. The summed E-state index contributed by atoms with van der Waals surface area (Å²) in [5, 5.41) is 9.10. The van der Waals surface area contributed by atoms with E-state index >= 15 is 0 Å².